The lowest BCUT2D eigenvalue weighted by molar-refractivity contribution is -0.144. The predicted octanol–water partition coefficient (Wildman–Crippen LogP) is 0.744. The molecule has 0 bridgehead atoms. The maximum absolute atomic E-state index is 11.3. The van der Waals surface area contributed by atoms with E-state index in [0.717, 1.165) is 0 Å². The van der Waals surface area contributed by atoms with E-state index in [4.69, 9.17) is 5.11 Å². The highest BCUT2D eigenvalue weighted by Gasteiger charge is 2.29. The second-order valence-electron chi connectivity index (χ2n) is 4.39. The van der Waals surface area contributed by atoms with Gasteiger partial charge in [-0.1, -0.05) is 6.92 Å². The highest BCUT2D eigenvalue weighted by atomic mass is 16.4. The zero-order valence-corrected chi connectivity index (χ0v) is 10.5. The molecule has 0 aromatic rings. The van der Waals surface area contributed by atoms with Gasteiger partial charge in [0.2, 0.25) is 5.91 Å². The average Bonchev–Trinajstić information content (AvgIpc) is 2.15. The van der Waals surface area contributed by atoms with Gasteiger partial charge in [-0.05, 0) is 27.2 Å². The lowest BCUT2D eigenvalue weighted by Gasteiger charge is -2.24. The predicted molar refractivity (Wildman–Crippen MR) is 62.2 cm³/mol. The molecular weight excluding hydrogens is 208 g/mol. The van der Waals surface area contributed by atoms with Crippen LogP contribution in [-0.4, -0.2) is 35.1 Å². The van der Waals surface area contributed by atoms with E-state index in [-0.39, 0.29) is 11.9 Å². The van der Waals surface area contributed by atoms with Crippen LogP contribution in [0.15, 0.2) is 0 Å². The van der Waals surface area contributed by atoms with Gasteiger partial charge in [0.05, 0.1) is 0 Å². The summed E-state index contributed by atoms with van der Waals surface area (Å²) in [6.07, 6.45) is 0.773. The maximum Gasteiger partial charge on any atom is 0.323 e. The summed E-state index contributed by atoms with van der Waals surface area (Å²) < 4.78 is 0. The van der Waals surface area contributed by atoms with Crippen LogP contribution in [0.2, 0.25) is 0 Å². The number of carboxylic acids is 1. The first-order valence-corrected chi connectivity index (χ1v) is 5.59. The van der Waals surface area contributed by atoms with Crippen molar-refractivity contribution >= 4 is 11.9 Å². The Morgan fingerprint density at radius 2 is 1.94 bits per heavy atom. The fourth-order valence-electron chi connectivity index (χ4n) is 1.20. The SMILES string of the molecule is CCC(C)(NCCC(=O)NC(C)C)C(=O)O. The van der Waals surface area contributed by atoms with Crippen molar-refractivity contribution in [3.63, 3.8) is 0 Å². The van der Waals surface area contributed by atoms with Gasteiger partial charge in [0.15, 0.2) is 0 Å². The number of aliphatic carboxylic acids is 1. The third kappa shape index (κ3) is 5.11. The minimum atomic E-state index is -0.946. The number of rotatable bonds is 7. The molecule has 0 heterocycles. The molecule has 5 nitrogen and oxygen atoms in total. The van der Waals surface area contributed by atoms with Crippen LogP contribution in [0.3, 0.4) is 0 Å². The third-order valence-corrected chi connectivity index (χ3v) is 2.50. The van der Waals surface area contributed by atoms with Gasteiger partial charge in [0, 0.05) is 19.0 Å². The standard InChI is InChI=1S/C11H22N2O3/c1-5-11(4,10(15)16)12-7-6-9(14)13-8(2)3/h8,12H,5-7H2,1-4H3,(H,13,14)(H,15,16). The van der Waals surface area contributed by atoms with Crippen molar-refractivity contribution < 1.29 is 14.7 Å². The van der Waals surface area contributed by atoms with E-state index >= 15 is 0 Å². The van der Waals surface area contributed by atoms with Gasteiger partial charge < -0.3 is 15.7 Å². The van der Waals surface area contributed by atoms with Crippen LogP contribution in [0.4, 0.5) is 0 Å². The van der Waals surface area contributed by atoms with Gasteiger partial charge in [-0.2, -0.15) is 0 Å². The summed E-state index contributed by atoms with van der Waals surface area (Å²) in [5.41, 5.74) is -0.946. The monoisotopic (exact) mass is 230 g/mol. The average molecular weight is 230 g/mol. The van der Waals surface area contributed by atoms with E-state index in [2.05, 4.69) is 10.6 Å². The van der Waals surface area contributed by atoms with Crippen LogP contribution in [0.1, 0.15) is 40.5 Å². The van der Waals surface area contributed by atoms with E-state index in [1.807, 2.05) is 13.8 Å². The molecule has 1 unspecified atom stereocenters. The number of carbonyl (C=O) groups excluding carboxylic acids is 1. The highest BCUT2D eigenvalue weighted by molar-refractivity contribution is 5.79. The van der Waals surface area contributed by atoms with Crippen LogP contribution in [0, 0.1) is 0 Å². The van der Waals surface area contributed by atoms with E-state index in [1.54, 1.807) is 13.8 Å². The number of amides is 1. The minimum absolute atomic E-state index is 0.0636. The van der Waals surface area contributed by atoms with Crippen molar-refractivity contribution in [2.75, 3.05) is 6.54 Å². The molecule has 0 radical (unpaired) electrons. The summed E-state index contributed by atoms with van der Waals surface area (Å²) in [7, 11) is 0. The van der Waals surface area contributed by atoms with Gasteiger partial charge in [0.25, 0.3) is 0 Å². The lowest BCUT2D eigenvalue weighted by atomic mass is 9.99. The summed E-state index contributed by atoms with van der Waals surface area (Å²) in [5, 5.41) is 14.6. The Hall–Kier alpha value is -1.10. The second kappa shape index (κ2) is 6.48. The molecule has 0 spiro atoms. The van der Waals surface area contributed by atoms with Gasteiger partial charge in [-0.15, -0.1) is 0 Å². The molecule has 16 heavy (non-hydrogen) atoms. The van der Waals surface area contributed by atoms with Crippen molar-refractivity contribution in [2.45, 2.75) is 52.1 Å². The summed E-state index contributed by atoms with van der Waals surface area (Å²) in [4.78, 5) is 22.2. The summed E-state index contributed by atoms with van der Waals surface area (Å²) in [6.45, 7) is 7.57. The molecule has 5 heteroatoms. The number of nitrogens with one attached hydrogen (secondary N) is 2. The summed E-state index contributed by atoms with van der Waals surface area (Å²) >= 11 is 0. The first-order chi connectivity index (χ1) is 7.31. The molecule has 0 saturated carbocycles. The molecule has 0 fully saturated rings. The van der Waals surface area contributed by atoms with Crippen LogP contribution in [0.5, 0.6) is 0 Å². The van der Waals surface area contributed by atoms with E-state index < -0.39 is 11.5 Å². The lowest BCUT2D eigenvalue weighted by Crippen LogP contribution is -2.50. The second-order valence-corrected chi connectivity index (χ2v) is 4.39. The Morgan fingerprint density at radius 1 is 1.38 bits per heavy atom. The van der Waals surface area contributed by atoms with Crippen LogP contribution >= 0.6 is 0 Å². The number of carboxylic acid groups (broad SMARTS) is 1. The van der Waals surface area contributed by atoms with Gasteiger partial charge in [0.1, 0.15) is 5.54 Å². The van der Waals surface area contributed by atoms with Gasteiger partial charge in [-0.3, -0.25) is 9.59 Å². The van der Waals surface area contributed by atoms with Crippen molar-refractivity contribution in [3.05, 3.63) is 0 Å². The molecule has 0 aliphatic rings. The fourth-order valence-corrected chi connectivity index (χ4v) is 1.20. The largest absolute Gasteiger partial charge is 0.480 e. The van der Waals surface area contributed by atoms with Crippen molar-refractivity contribution in [2.24, 2.45) is 0 Å². The molecule has 0 aliphatic carbocycles. The van der Waals surface area contributed by atoms with Crippen molar-refractivity contribution in [3.8, 4) is 0 Å². The Bertz CT molecular complexity index is 254. The van der Waals surface area contributed by atoms with Gasteiger partial charge >= 0.3 is 5.97 Å². The molecule has 1 amide bonds. The van der Waals surface area contributed by atoms with Crippen molar-refractivity contribution in [1.82, 2.24) is 10.6 Å². The van der Waals surface area contributed by atoms with Crippen molar-refractivity contribution in [1.29, 1.82) is 0 Å². The third-order valence-electron chi connectivity index (χ3n) is 2.50. The molecule has 0 saturated heterocycles. The molecule has 3 N–H and O–H groups in total. The smallest absolute Gasteiger partial charge is 0.323 e. The Kier molecular flexibility index (Phi) is 6.03. The zero-order valence-electron chi connectivity index (χ0n) is 10.5. The van der Waals surface area contributed by atoms with E-state index in [1.165, 1.54) is 0 Å². The Morgan fingerprint density at radius 3 is 2.31 bits per heavy atom. The quantitative estimate of drug-likeness (QED) is 0.603. The number of hydrogen-bond donors (Lipinski definition) is 3. The fraction of sp³-hybridized carbons (Fsp3) is 0.818. The normalized spacial score (nSPS) is 14.6. The van der Waals surface area contributed by atoms with Crippen LogP contribution in [-0.2, 0) is 9.59 Å². The Balaban J connectivity index is 3.97. The van der Waals surface area contributed by atoms with Crippen LogP contribution in [0.25, 0.3) is 0 Å². The molecule has 0 aliphatic heterocycles. The molecule has 94 valence electrons. The molecule has 1 atom stereocenters. The first kappa shape index (κ1) is 14.9. The van der Waals surface area contributed by atoms with Crippen LogP contribution < -0.4 is 10.6 Å². The number of carbonyl (C=O) groups is 2. The summed E-state index contributed by atoms with van der Waals surface area (Å²) in [6, 6.07) is 0.115. The van der Waals surface area contributed by atoms with E-state index in [9.17, 15) is 9.59 Å². The molecule has 0 aromatic heterocycles. The first-order valence-electron chi connectivity index (χ1n) is 5.59. The molecule has 0 aromatic carbocycles. The van der Waals surface area contributed by atoms with Gasteiger partial charge in [-0.25, -0.2) is 0 Å². The van der Waals surface area contributed by atoms with E-state index in [0.29, 0.717) is 19.4 Å². The summed E-state index contributed by atoms with van der Waals surface area (Å²) in [5.74, 6) is -0.953. The molecular formula is C11H22N2O3. The maximum atomic E-state index is 11.3. The molecule has 0 rings (SSSR count). The Labute approximate surface area is 96.6 Å². The topological polar surface area (TPSA) is 78.4 Å². The number of hydrogen-bond acceptors (Lipinski definition) is 3. The zero-order chi connectivity index (χ0) is 12.8. The minimum Gasteiger partial charge on any atom is -0.480 e. The highest BCUT2D eigenvalue weighted by Crippen LogP contribution is 2.08.